The highest BCUT2D eigenvalue weighted by atomic mass is 32.1. The average molecular weight is 228 g/mol. The fourth-order valence-corrected chi connectivity index (χ4v) is 2.60. The molecular formula is C13H12N2S. The van der Waals surface area contributed by atoms with Crippen LogP contribution in [0, 0.1) is 0 Å². The van der Waals surface area contributed by atoms with Crippen LogP contribution >= 0.6 is 12.2 Å². The van der Waals surface area contributed by atoms with Crippen LogP contribution in [0.1, 0.15) is 11.1 Å². The maximum absolute atomic E-state index is 5.53. The van der Waals surface area contributed by atoms with Crippen molar-refractivity contribution >= 4 is 33.8 Å². The Morgan fingerprint density at radius 2 is 1.88 bits per heavy atom. The molecule has 3 rings (SSSR count). The van der Waals surface area contributed by atoms with E-state index in [1.807, 2.05) is 0 Å². The molecule has 2 nitrogen and oxygen atoms in total. The molecule has 1 aliphatic rings. The number of rotatable bonds is 1. The maximum Gasteiger partial charge on any atom is 0.168 e. The first-order valence-corrected chi connectivity index (χ1v) is 5.76. The monoisotopic (exact) mass is 228 g/mol. The van der Waals surface area contributed by atoms with E-state index in [9.17, 15) is 0 Å². The van der Waals surface area contributed by atoms with Gasteiger partial charge >= 0.3 is 0 Å². The van der Waals surface area contributed by atoms with E-state index in [0.29, 0.717) is 5.11 Å². The van der Waals surface area contributed by atoms with Gasteiger partial charge in [0, 0.05) is 11.1 Å². The van der Waals surface area contributed by atoms with Gasteiger partial charge in [0.05, 0.1) is 0 Å². The van der Waals surface area contributed by atoms with E-state index in [1.54, 1.807) is 0 Å². The van der Waals surface area contributed by atoms with E-state index < -0.39 is 0 Å². The summed E-state index contributed by atoms with van der Waals surface area (Å²) < 4.78 is 0. The number of nitrogens with two attached hydrogens (primary N) is 1. The second-order valence-electron chi connectivity index (χ2n) is 4.10. The van der Waals surface area contributed by atoms with E-state index in [-0.39, 0.29) is 0 Å². The van der Waals surface area contributed by atoms with Crippen LogP contribution in [0.5, 0.6) is 0 Å². The van der Waals surface area contributed by atoms with Crippen molar-refractivity contribution in [3.05, 3.63) is 41.5 Å². The fourth-order valence-electron chi connectivity index (χ4n) is 2.49. The van der Waals surface area contributed by atoms with Crippen LogP contribution in [0.15, 0.2) is 30.3 Å². The number of thiocarbonyl (C=S) groups is 1. The Kier molecular flexibility index (Phi) is 2.07. The number of anilines is 1. The molecule has 3 N–H and O–H groups in total. The smallest absolute Gasteiger partial charge is 0.168 e. The van der Waals surface area contributed by atoms with Gasteiger partial charge in [0.15, 0.2) is 5.11 Å². The van der Waals surface area contributed by atoms with Crippen molar-refractivity contribution < 1.29 is 0 Å². The SMILES string of the molecule is NC(=S)Nc1ccc2c3c(cccc13)CC2. The Balaban J connectivity index is 2.29. The van der Waals surface area contributed by atoms with Crippen molar-refractivity contribution in [3.8, 4) is 0 Å². The zero-order chi connectivity index (χ0) is 11.1. The molecule has 0 unspecified atom stereocenters. The Hall–Kier alpha value is -1.61. The van der Waals surface area contributed by atoms with Crippen molar-refractivity contribution in [2.45, 2.75) is 12.8 Å². The highest BCUT2D eigenvalue weighted by molar-refractivity contribution is 7.80. The summed E-state index contributed by atoms with van der Waals surface area (Å²) in [4.78, 5) is 0. The molecule has 0 fully saturated rings. The first kappa shape index (κ1) is 9.60. The lowest BCUT2D eigenvalue weighted by atomic mass is 10.0. The second-order valence-corrected chi connectivity index (χ2v) is 4.54. The normalized spacial score (nSPS) is 13.0. The second kappa shape index (κ2) is 3.46. The van der Waals surface area contributed by atoms with Gasteiger partial charge in [-0.05, 0) is 47.6 Å². The van der Waals surface area contributed by atoms with Gasteiger partial charge in [-0.1, -0.05) is 24.3 Å². The third-order valence-electron chi connectivity index (χ3n) is 3.13. The van der Waals surface area contributed by atoms with Crippen LogP contribution in [0.4, 0.5) is 5.69 Å². The highest BCUT2D eigenvalue weighted by Gasteiger charge is 2.15. The van der Waals surface area contributed by atoms with E-state index in [1.165, 1.54) is 21.9 Å². The summed E-state index contributed by atoms with van der Waals surface area (Å²) in [6, 6.07) is 10.6. The number of nitrogens with one attached hydrogen (secondary N) is 1. The molecule has 0 aliphatic heterocycles. The minimum atomic E-state index is 0.318. The van der Waals surface area contributed by atoms with Gasteiger partial charge in [-0.2, -0.15) is 0 Å². The van der Waals surface area contributed by atoms with E-state index in [2.05, 4.69) is 35.6 Å². The summed E-state index contributed by atoms with van der Waals surface area (Å²) in [5, 5.41) is 5.96. The van der Waals surface area contributed by atoms with Gasteiger partial charge in [-0.25, -0.2) is 0 Å². The van der Waals surface area contributed by atoms with Gasteiger partial charge in [-0.15, -0.1) is 0 Å². The zero-order valence-electron chi connectivity index (χ0n) is 8.79. The molecule has 0 amide bonds. The average Bonchev–Trinajstić information content (AvgIpc) is 2.67. The number of hydrogen-bond donors (Lipinski definition) is 2. The molecule has 16 heavy (non-hydrogen) atoms. The third-order valence-corrected chi connectivity index (χ3v) is 3.24. The lowest BCUT2D eigenvalue weighted by Crippen LogP contribution is -2.19. The largest absolute Gasteiger partial charge is 0.376 e. The molecule has 80 valence electrons. The van der Waals surface area contributed by atoms with Crippen molar-refractivity contribution in [2.75, 3.05) is 5.32 Å². The molecule has 0 aromatic heterocycles. The molecule has 1 aliphatic carbocycles. The predicted octanol–water partition coefficient (Wildman–Crippen LogP) is 2.59. The van der Waals surface area contributed by atoms with Crippen LogP contribution in [-0.4, -0.2) is 5.11 Å². The van der Waals surface area contributed by atoms with Crippen LogP contribution in [0.3, 0.4) is 0 Å². The summed E-state index contributed by atoms with van der Waals surface area (Å²) in [6.07, 6.45) is 2.28. The van der Waals surface area contributed by atoms with Crippen LogP contribution in [-0.2, 0) is 12.8 Å². The zero-order valence-corrected chi connectivity index (χ0v) is 9.60. The fraction of sp³-hybridized carbons (Fsp3) is 0.154. The van der Waals surface area contributed by atoms with E-state index >= 15 is 0 Å². The third kappa shape index (κ3) is 1.36. The predicted molar refractivity (Wildman–Crippen MR) is 71.8 cm³/mol. The summed E-state index contributed by atoms with van der Waals surface area (Å²) in [5.41, 5.74) is 9.40. The van der Waals surface area contributed by atoms with E-state index in [4.69, 9.17) is 18.0 Å². The molecule has 2 aromatic rings. The first-order valence-electron chi connectivity index (χ1n) is 5.35. The first-order chi connectivity index (χ1) is 7.75. The summed E-state index contributed by atoms with van der Waals surface area (Å²) in [5.74, 6) is 0. The molecule has 0 radical (unpaired) electrons. The minimum Gasteiger partial charge on any atom is -0.376 e. The van der Waals surface area contributed by atoms with Crippen molar-refractivity contribution in [2.24, 2.45) is 5.73 Å². The lowest BCUT2D eigenvalue weighted by molar-refractivity contribution is 1.02. The van der Waals surface area contributed by atoms with E-state index in [0.717, 1.165) is 18.5 Å². The molecule has 0 bridgehead atoms. The van der Waals surface area contributed by atoms with Crippen molar-refractivity contribution in [3.63, 3.8) is 0 Å². The van der Waals surface area contributed by atoms with Crippen LogP contribution in [0.25, 0.3) is 10.8 Å². The molecule has 0 spiro atoms. The van der Waals surface area contributed by atoms with Gasteiger partial charge in [0.25, 0.3) is 0 Å². The molecule has 2 aromatic carbocycles. The topological polar surface area (TPSA) is 38.0 Å². The Bertz CT molecular complexity index is 579. The Morgan fingerprint density at radius 1 is 1.12 bits per heavy atom. The Labute approximate surface area is 99.5 Å². The molecule has 0 atom stereocenters. The quantitative estimate of drug-likeness (QED) is 0.737. The lowest BCUT2D eigenvalue weighted by Gasteiger charge is -2.09. The summed E-state index contributed by atoms with van der Waals surface area (Å²) in [7, 11) is 0. The van der Waals surface area contributed by atoms with Crippen molar-refractivity contribution in [1.82, 2.24) is 0 Å². The molecular weight excluding hydrogens is 216 g/mol. The molecule has 0 saturated heterocycles. The van der Waals surface area contributed by atoms with Gasteiger partial charge in [0.2, 0.25) is 0 Å². The number of hydrogen-bond acceptors (Lipinski definition) is 1. The maximum atomic E-state index is 5.53. The Morgan fingerprint density at radius 3 is 2.62 bits per heavy atom. The van der Waals surface area contributed by atoms with Gasteiger partial charge < -0.3 is 11.1 Å². The van der Waals surface area contributed by atoms with Crippen LogP contribution < -0.4 is 11.1 Å². The molecule has 3 heteroatoms. The molecule has 0 heterocycles. The summed E-state index contributed by atoms with van der Waals surface area (Å²) in [6.45, 7) is 0. The minimum absolute atomic E-state index is 0.318. The van der Waals surface area contributed by atoms with Gasteiger partial charge in [-0.3, -0.25) is 0 Å². The van der Waals surface area contributed by atoms with Gasteiger partial charge in [0.1, 0.15) is 0 Å². The standard InChI is InChI=1S/C13H12N2S/c14-13(16)15-11-7-6-9-5-4-8-2-1-3-10(11)12(8)9/h1-3,6-7H,4-5H2,(H3,14,15,16). The number of aryl methyl sites for hydroxylation is 2. The van der Waals surface area contributed by atoms with Crippen LogP contribution in [0.2, 0.25) is 0 Å². The summed E-state index contributed by atoms with van der Waals surface area (Å²) >= 11 is 4.89. The number of benzene rings is 2. The highest BCUT2D eigenvalue weighted by Crippen LogP contribution is 2.34. The van der Waals surface area contributed by atoms with Crippen molar-refractivity contribution in [1.29, 1.82) is 0 Å². The molecule has 0 saturated carbocycles.